The fraction of sp³-hybridized carbons (Fsp3) is 0.333. The van der Waals surface area contributed by atoms with Gasteiger partial charge in [0.2, 0.25) is 5.43 Å². The maximum Gasteiger partial charge on any atom is 0.343 e. The molecule has 0 fully saturated rings. The van der Waals surface area contributed by atoms with Gasteiger partial charge in [0.05, 0.1) is 17.5 Å². The molecule has 1 heterocycles. The van der Waals surface area contributed by atoms with Crippen LogP contribution in [0.25, 0.3) is 10.9 Å². The van der Waals surface area contributed by atoms with Crippen molar-refractivity contribution in [2.45, 2.75) is 27.3 Å². The van der Waals surface area contributed by atoms with Gasteiger partial charge in [0, 0.05) is 12.7 Å². The van der Waals surface area contributed by atoms with Gasteiger partial charge >= 0.3 is 5.97 Å². The lowest BCUT2D eigenvalue weighted by Gasteiger charge is -2.13. The molecule has 5 nitrogen and oxygen atoms in total. The molecule has 0 atom stereocenters. The first kappa shape index (κ1) is 14.1. The van der Waals surface area contributed by atoms with Crippen molar-refractivity contribution in [1.29, 1.82) is 0 Å². The van der Waals surface area contributed by atoms with Crippen LogP contribution in [0.2, 0.25) is 0 Å². The Morgan fingerprint density at radius 2 is 2.05 bits per heavy atom. The summed E-state index contributed by atoms with van der Waals surface area (Å²) in [5, 5.41) is 10.3. The predicted molar refractivity (Wildman–Crippen MR) is 76.2 cm³/mol. The quantitative estimate of drug-likeness (QED) is 0.872. The van der Waals surface area contributed by atoms with Crippen LogP contribution >= 0.6 is 0 Å². The number of rotatable bonds is 3. The van der Waals surface area contributed by atoms with Gasteiger partial charge in [-0.1, -0.05) is 6.07 Å². The lowest BCUT2D eigenvalue weighted by molar-refractivity contribution is 0.0524. The van der Waals surface area contributed by atoms with Gasteiger partial charge < -0.3 is 14.4 Å². The van der Waals surface area contributed by atoms with Gasteiger partial charge in [0.15, 0.2) is 0 Å². The van der Waals surface area contributed by atoms with Crippen molar-refractivity contribution >= 4 is 16.9 Å². The third kappa shape index (κ3) is 2.15. The molecule has 0 aliphatic rings. The molecule has 0 aliphatic heterocycles. The van der Waals surface area contributed by atoms with E-state index in [0.717, 1.165) is 0 Å². The summed E-state index contributed by atoms with van der Waals surface area (Å²) in [5.74, 6) is -0.747. The number of benzene rings is 1. The molecule has 2 aromatic rings. The van der Waals surface area contributed by atoms with Gasteiger partial charge in [0.1, 0.15) is 11.3 Å². The third-order valence-corrected chi connectivity index (χ3v) is 3.26. The number of hydrogen-bond acceptors (Lipinski definition) is 4. The number of esters is 1. The number of nitrogens with zero attached hydrogens (tertiary/aromatic N) is 1. The maximum absolute atomic E-state index is 12.4. The Bertz CT molecular complexity index is 731. The zero-order valence-corrected chi connectivity index (χ0v) is 11.8. The molecule has 1 aromatic heterocycles. The molecule has 106 valence electrons. The highest BCUT2D eigenvalue weighted by molar-refractivity contribution is 5.96. The number of aryl methyl sites for hydroxylation is 2. The number of phenolic OH excluding ortho intramolecular Hbond substituents is 1. The van der Waals surface area contributed by atoms with E-state index in [4.69, 9.17) is 4.74 Å². The lowest BCUT2D eigenvalue weighted by Crippen LogP contribution is -2.21. The monoisotopic (exact) mass is 275 g/mol. The first-order valence-corrected chi connectivity index (χ1v) is 6.54. The number of aromatic nitrogens is 1. The van der Waals surface area contributed by atoms with Crippen LogP contribution in [-0.4, -0.2) is 22.2 Å². The Morgan fingerprint density at radius 1 is 1.35 bits per heavy atom. The normalized spacial score (nSPS) is 10.8. The van der Waals surface area contributed by atoms with E-state index in [1.165, 1.54) is 6.20 Å². The topological polar surface area (TPSA) is 68.5 Å². The minimum absolute atomic E-state index is 0.0536. The van der Waals surface area contributed by atoms with Crippen LogP contribution in [0.3, 0.4) is 0 Å². The highest BCUT2D eigenvalue weighted by atomic mass is 16.5. The van der Waals surface area contributed by atoms with Crippen molar-refractivity contribution in [2.24, 2.45) is 0 Å². The standard InChI is InChI=1S/C15H17NO4/c1-4-16-8-10(15(19)20-5-2)14(18)12-11(16)7-6-9(3)13(12)17/h6-8,17H,4-5H2,1-3H3. The van der Waals surface area contributed by atoms with Crippen molar-refractivity contribution in [3.8, 4) is 5.75 Å². The van der Waals surface area contributed by atoms with Crippen LogP contribution in [0.4, 0.5) is 0 Å². The summed E-state index contributed by atoms with van der Waals surface area (Å²) in [6.45, 7) is 6.06. The van der Waals surface area contributed by atoms with E-state index in [1.54, 1.807) is 30.5 Å². The SMILES string of the molecule is CCOC(=O)c1cn(CC)c2ccc(C)c(O)c2c1=O. The minimum Gasteiger partial charge on any atom is -0.507 e. The average Bonchev–Trinajstić information content (AvgIpc) is 2.43. The molecular weight excluding hydrogens is 258 g/mol. The van der Waals surface area contributed by atoms with Gasteiger partial charge in [-0.2, -0.15) is 0 Å². The number of pyridine rings is 1. The Hall–Kier alpha value is -2.30. The first-order valence-electron chi connectivity index (χ1n) is 6.54. The molecule has 0 saturated carbocycles. The van der Waals surface area contributed by atoms with Gasteiger partial charge in [0.25, 0.3) is 0 Å². The number of aromatic hydroxyl groups is 1. The fourth-order valence-corrected chi connectivity index (χ4v) is 2.18. The molecule has 0 spiro atoms. The number of carbonyl (C=O) groups excluding carboxylic acids is 1. The molecule has 0 aliphatic carbocycles. The highest BCUT2D eigenvalue weighted by Gasteiger charge is 2.18. The van der Waals surface area contributed by atoms with Gasteiger partial charge in [-0.25, -0.2) is 4.79 Å². The minimum atomic E-state index is -0.664. The molecule has 20 heavy (non-hydrogen) atoms. The van der Waals surface area contributed by atoms with Crippen LogP contribution < -0.4 is 5.43 Å². The average molecular weight is 275 g/mol. The zero-order chi connectivity index (χ0) is 14.9. The van der Waals surface area contributed by atoms with E-state index < -0.39 is 11.4 Å². The van der Waals surface area contributed by atoms with E-state index in [9.17, 15) is 14.7 Å². The second-order valence-electron chi connectivity index (χ2n) is 4.50. The molecule has 0 radical (unpaired) electrons. The molecule has 0 saturated heterocycles. The molecule has 1 N–H and O–H groups in total. The van der Waals surface area contributed by atoms with Gasteiger partial charge in [-0.15, -0.1) is 0 Å². The van der Waals surface area contributed by atoms with E-state index in [0.29, 0.717) is 17.6 Å². The Kier molecular flexibility index (Phi) is 3.79. The zero-order valence-electron chi connectivity index (χ0n) is 11.8. The van der Waals surface area contributed by atoms with Crippen LogP contribution in [0.1, 0.15) is 29.8 Å². The molecule has 0 unspecified atom stereocenters. The van der Waals surface area contributed by atoms with Crippen molar-refractivity contribution in [3.05, 3.63) is 39.7 Å². The van der Waals surface area contributed by atoms with E-state index in [1.807, 2.05) is 6.92 Å². The summed E-state index contributed by atoms with van der Waals surface area (Å²) < 4.78 is 6.65. The van der Waals surface area contributed by atoms with E-state index in [-0.39, 0.29) is 23.3 Å². The predicted octanol–water partition coefficient (Wildman–Crippen LogP) is 2.21. The Morgan fingerprint density at radius 3 is 2.65 bits per heavy atom. The highest BCUT2D eigenvalue weighted by Crippen LogP contribution is 2.26. The second-order valence-corrected chi connectivity index (χ2v) is 4.50. The number of hydrogen-bond donors (Lipinski definition) is 1. The van der Waals surface area contributed by atoms with Crippen LogP contribution in [-0.2, 0) is 11.3 Å². The van der Waals surface area contributed by atoms with E-state index >= 15 is 0 Å². The summed E-state index contributed by atoms with van der Waals surface area (Å²) in [7, 11) is 0. The smallest absolute Gasteiger partial charge is 0.343 e. The second kappa shape index (κ2) is 5.36. The number of carbonyl (C=O) groups is 1. The number of fused-ring (bicyclic) bond motifs is 1. The van der Waals surface area contributed by atoms with Crippen molar-refractivity contribution in [2.75, 3.05) is 6.61 Å². The molecular formula is C15H17NO4. The van der Waals surface area contributed by atoms with Gasteiger partial charge in [-0.3, -0.25) is 4.79 Å². The number of phenols is 1. The number of ether oxygens (including phenoxy) is 1. The fourth-order valence-electron chi connectivity index (χ4n) is 2.18. The Labute approximate surface area is 116 Å². The molecule has 2 rings (SSSR count). The van der Waals surface area contributed by atoms with E-state index in [2.05, 4.69) is 0 Å². The summed E-state index contributed by atoms with van der Waals surface area (Å²) in [6, 6.07) is 3.51. The van der Waals surface area contributed by atoms with Crippen molar-refractivity contribution < 1.29 is 14.6 Å². The summed E-state index contributed by atoms with van der Waals surface area (Å²) in [5.41, 5.74) is 0.651. The largest absolute Gasteiger partial charge is 0.507 e. The summed E-state index contributed by atoms with van der Waals surface area (Å²) >= 11 is 0. The van der Waals surface area contributed by atoms with Crippen LogP contribution in [0, 0.1) is 6.92 Å². The third-order valence-electron chi connectivity index (χ3n) is 3.26. The maximum atomic E-state index is 12.4. The lowest BCUT2D eigenvalue weighted by atomic mass is 10.1. The molecule has 0 amide bonds. The molecule has 0 bridgehead atoms. The van der Waals surface area contributed by atoms with Crippen molar-refractivity contribution in [3.63, 3.8) is 0 Å². The summed E-state index contributed by atoms with van der Waals surface area (Å²) in [4.78, 5) is 24.3. The van der Waals surface area contributed by atoms with Gasteiger partial charge in [-0.05, 0) is 32.4 Å². The van der Waals surface area contributed by atoms with Crippen LogP contribution in [0.5, 0.6) is 5.75 Å². The Balaban J connectivity index is 2.87. The first-order chi connectivity index (χ1) is 9.51. The van der Waals surface area contributed by atoms with Crippen LogP contribution in [0.15, 0.2) is 23.1 Å². The molecule has 5 heteroatoms. The van der Waals surface area contributed by atoms with Crippen molar-refractivity contribution in [1.82, 2.24) is 4.57 Å². The molecule has 1 aromatic carbocycles. The summed E-state index contributed by atoms with van der Waals surface area (Å²) in [6.07, 6.45) is 1.48.